The van der Waals surface area contributed by atoms with E-state index in [1.165, 1.54) is 5.57 Å². The number of aromatic amines is 1. The number of anilines is 4. The van der Waals surface area contributed by atoms with E-state index in [0.29, 0.717) is 23.7 Å². The molecule has 1 aromatic carbocycles. The summed E-state index contributed by atoms with van der Waals surface area (Å²) in [6.07, 6.45) is 5.66. The smallest absolute Gasteiger partial charge is 0.288 e. The quantitative estimate of drug-likeness (QED) is 0.228. The van der Waals surface area contributed by atoms with Crippen molar-refractivity contribution in [3.63, 3.8) is 0 Å². The Morgan fingerprint density at radius 3 is 2.72 bits per heavy atom. The summed E-state index contributed by atoms with van der Waals surface area (Å²) in [5.41, 5.74) is 18.4. The first-order valence-electron chi connectivity index (χ1n) is 13.0. The summed E-state index contributed by atoms with van der Waals surface area (Å²) in [5.74, 6) is 1.47. The van der Waals surface area contributed by atoms with E-state index in [1.807, 2.05) is 52.3 Å². The molecular weight excluding hydrogens is 492 g/mol. The average Bonchev–Trinajstić information content (AvgIpc) is 3.23. The number of furan rings is 1. The van der Waals surface area contributed by atoms with Crippen molar-refractivity contribution in [3.8, 4) is 0 Å². The maximum absolute atomic E-state index is 12.5. The number of hydrogen-bond donors (Lipinski definition) is 4. The summed E-state index contributed by atoms with van der Waals surface area (Å²) in [4.78, 5) is 21.8. The number of aliphatic imine (C=N–C) groups is 1. The number of likely N-dealkylation sites (N-methyl/N-ethyl adjacent to an activating group) is 2. The van der Waals surface area contributed by atoms with Gasteiger partial charge < -0.3 is 31.0 Å². The molecule has 0 saturated heterocycles. The van der Waals surface area contributed by atoms with E-state index >= 15 is 0 Å². The highest BCUT2D eigenvalue weighted by Gasteiger charge is 2.27. The summed E-state index contributed by atoms with van der Waals surface area (Å²) in [6.45, 7) is 10.2. The number of nitrogens with two attached hydrogens (primary N) is 2. The van der Waals surface area contributed by atoms with Gasteiger partial charge in [0.1, 0.15) is 17.2 Å². The van der Waals surface area contributed by atoms with Gasteiger partial charge in [0.2, 0.25) is 0 Å². The maximum Gasteiger partial charge on any atom is 0.288 e. The first-order chi connectivity index (χ1) is 18.6. The summed E-state index contributed by atoms with van der Waals surface area (Å²) in [7, 11) is 6.14. The predicted octanol–water partition coefficient (Wildman–Crippen LogP) is 3.95. The van der Waals surface area contributed by atoms with Gasteiger partial charge in [-0.15, -0.1) is 6.58 Å². The van der Waals surface area contributed by atoms with E-state index in [1.54, 1.807) is 0 Å². The van der Waals surface area contributed by atoms with Gasteiger partial charge in [0, 0.05) is 44.2 Å². The van der Waals surface area contributed by atoms with Gasteiger partial charge in [0.25, 0.3) is 5.56 Å². The second-order valence-corrected chi connectivity index (χ2v) is 10.2. The van der Waals surface area contributed by atoms with E-state index in [4.69, 9.17) is 20.9 Å². The van der Waals surface area contributed by atoms with Crippen LogP contribution in [0.3, 0.4) is 0 Å². The number of nitrogens with one attached hydrogen (secondary N) is 2. The van der Waals surface area contributed by atoms with Crippen molar-refractivity contribution in [2.45, 2.75) is 26.7 Å². The summed E-state index contributed by atoms with van der Waals surface area (Å²) in [5, 5.41) is 9.73. The Balaban J connectivity index is 1.92. The molecule has 0 amide bonds. The third kappa shape index (κ3) is 5.91. The van der Waals surface area contributed by atoms with Crippen molar-refractivity contribution < 1.29 is 4.42 Å². The number of aromatic nitrogens is 2. The molecule has 0 saturated carbocycles. The molecule has 39 heavy (non-hydrogen) atoms. The van der Waals surface area contributed by atoms with Crippen LogP contribution in [0.2, 0.25) is 0 Å². The summed E-state index contributed by atoms with van der Waals surface area (Å²) in [6, 6.07) is 5.89. The fourth-order valence-corrected chi connectivity index (χ4v) is 4.60. The first-order valence-corrected chi connectivity index (χ1v) is 13.0. The second kappa shape index (κ2) is 11.6. The van der Waals surface area contributed by atoms with Crippen molar-refractivity contribution >= 4 is 40.4 Å². The number of H-pyrrole nitrogens is 1. The number of aryl methyl sites for hydroxylation is 1. The SMILES string of the molecule is C=CCNc1ccc(N=C(c2oc3c(c2C)C=C(C)CC3)c2c(N)n[nH]c(=O)c2N)cc1N(C)CCN(C)C. The molecular formula is C29H38N8O2. The number of nitrogen functional groups attached to an aromatic ring is 2. The molecule has 0 bridgehead atoms. The molecule has 0 spiro atoms. The molecule has 206 valence electrons. The fraction of sp³-hybridized carbons (Fsp3) is 0.345. The van der Waals surface area contributed by atoms with Crippen LogP contribution >= 0.6 is 0 Å². The Morgan fingerprint density at radius 2 is 2.00 bits per heavy atom. The zero-order valence-electron chi connectivity index (χ0n) is 23.4. The molecule has 6 N–H and O–H groups in total. The lowest BCUT2D eigenvalue weighted by molar-refractivity contribution is 0.416. The number of fused-ring (bicyclic) bond motifs is 1. The van der Waals surface area contributed by atoms with Crippen molar-refractivity contribution in [1.29, 1.82) is 0 Å². The Labute approximate surface area is 229 Å². The van der Waals surface area contributed by atoms with Gasteiger partial charge >= 0.3 is 0 Å². The van der Waals surface area contributed by atoms with Crippen LogP contribution in [0.15, 0.2) is 50.6 Å². The molecule has 4 rings (SSSR count). The molecule has 0 atom stereocenters. The molecule has 1 aliphatic rings. The first kappa shape index (κ1) is 27.7. The Morgan fingerprint density at radius 1 is 1.23 bits per heavy atom. The molecule has 0 fully saturated rings. The third-order valence-corrected chi connectivity index (χ3v) is 6.86. The highest BCUT2D eigenvalue weighted by Crippen LogP contribution is 2.36. The van der Waals surface area contributed by atoms with Gasteiger partial charge in [-0.2, -0.15) is 5.10 Å². The van der Waals surface area contributed by atoms with E-state index in [-0.39, 0.29) is 17.1 Å². The lowest BCUT2D eigenvalue weighted by Gasteiger charge is -2.25. The fourth-order valence-electron chi connectivity index (χ4n) is 4.60. The van der Waals surface area contributed by atoms with Gasteiger partial charge in [0.15, 0.2) is 11.6 Å². The van der Waals surface area contributed by atoms with Crippen molar-refractivity contribution in [1.82, 2.24) is 15.1 Å². The maximum atomic E-state index is 12.5. The number of benzene rings is 1. The average molecular weight is 531 g/mol. The van der Waals surface area contributed by atoms with Crippen LogP contribution in [0.25, 0.3) is 6.08 Å². The van der Waals surface area contributed by atoms with Crippen LogP contribution in [0, 0.1) is 6.92 Å². The van der Waals surface area contributed by atoms with Crippen LogP contribution in [0.1, 0.15) is 41.6 Å². The van der Waals surface area contributed by atoms with E-state index < -0.39 is 5.56 Å². The highest BCUT2D eigenvalue weighted by molar-refractivity contribution is 6.18. The van der Waals surface area contributed by atoms with Crippen LogP contribution < -0.4 is 27.2 Å². The van der Waals surface area contributed by atoms with Crippen LogP contribution in [0.4, 0.5) is 28.6 Å². The minimum absolute atomic E-state index is 0.0608. The Bertz CT molecular complexity index is 1500. The van der Waals surface area contributed by atoms with Crippen LogP contribution in [-0.4, -0.2) is 61.6 Å². The van der Waals surface area contributed by atoms with Crippen LogP contribution in [-0.2, 0) is 6.42 Å². The molecule has 10 nitrogen and oxygen atoms in total. The molecule has 1 aliphatic carbocycles. The van der Waals surface area contributed by atoms with Crippen molar-refractivity contribution in [2.75, 3.05) is 62.5 Å². The van der Waals surface area contributed by atoms with Crippen molar-refractivity contribution in [3.05, 3.63) is 75.0 Å². The van der Waals surface area contributed by atoms with Crippen LogP contribution in [0.5, 0.6) is 0 Å². The van der Waals surface area contributed by atoms with Gasteiger partial charge in [-0.05, 0) is 52.6 Å². The van der Waals surface area contributed by atoms with E-state index in [2.05, 4.69) is 44.9 Å². The molecule has 2 aromatic heterocycles. The lowest BCUT2D eigenvalue weighted by Crippen LogP contribution is -2.29. The summed E-state index contributed by atoms with van der Waals surface area (Å²) < 4.78 is 6.38. The van der Waals surface area contributed by atoms with Gasteiger partial charge in [-0.1, -0.05) is 17.7 Å². The number of rotatable bonds is 10. The predicted molar refractivity (Wildman–Crippen MR) is 161 cm³/mol. The monoisotopic (exact) mass is 530 g/mol. The zero-order chi connectivity index (χ0) is 28.3. The number of hydrogen-bond acceptors (Lipinski definition) is 9. The lowest BCUT2D eigenvalue weighted by atomic mass is 9.95. The molecule has 0 aliphatic heterocycles. The molecule has 10 heteroatoms. The summed E-state index contributed by atoms with van der Waals surface area (Å²) >= 11 is 0. The standard InChI is InChI=1S/C29H38N8O2/c1-7-12-32-21-10-9-19(16-22(21)37(6)14-13-36(4)5)33-26(24-25(30)29(38)35-34-28(24)31)27-18(3)20-15-17(2)8-11-23(20)39-27/h7,9-10,15-16,32H,1,8,11-14H2,2-6H3,(H,35,38)(H4,30,31,34). The number of allylic oxidation sites excluding steroid dienone is 1. The minimum Gasteiger partial charge on any atom is -0.458 e. The zero-order valence-corrected chi connectivity index (χ0v) is 23.4. The molecule has 0 unspecified atom stereocenters. The highest BCUT2D eigenvalue weighted by atomic mass is 16.3. The molecule has 3 aromatic rings. The largest absolute Gasteiger partial charge is 0.458 e. The molecule has 0 radical (unpaired) electrons. The van der Waals surface area contributed by atoms with Gasteiger partial charge in [-0.25, -0.2) is 10.1 Å². The Hall–Kier alpha value is -4.31. The Kier molecular flexibility index (Phi) is 8.25. The second-order valence-electron chi connectivity index (χ2n) is 10.2. The van der Waals surface area contributed by atoms with Gasteiger partial charge in [0.05, 0.1) is 22.6 Å². The topological polar surface area (TPSA) is 142 Å². The molecule has 2 heterocycles. The van der Waals surface area contributed by atoms with E-state index in [0.717, 1.165) is 54.2 Å². The minimum atomic E-state index is -0.537. The third-order valence-electron chi connectivity index (χ3n) is 6.86. The van der Waals surface area contributed by atoms with E-state index in [9.17, 15) is 4.79 Å². The number of nitrogens with zero attached hydrogens (tertiary/aromatic N) is 4. The van der Waals surface area contributed by atoms with Gasteiger partial charge in [-0.3, -0.25) is 4.79 Å². The normalized spacial score (nSPS) is 13.3. The van der Waals surface area contributed by atoms with Crippen molar-refractivity contribution in [2.24, 2.45) is 4.99 Å².